The van der Waals surface area contributed by atoms with E-state index in [2.05, 4.69) is 0 Å². The van der Waals surface area contributed by atoms with E-state index in [9.17, 15) is 23.5 Å². The Morgan fingerprint density at radius 2 is 1.74 bits per heavy atom. The number of hydrogen-bond acceptors (Lipinski definition) is 5. The van der Waals surface area contributed by atoms with Crippen LogP contribution in [0.2, 0.25) is 0 Å². The number of rotatable bonds is 8. The number of hydrogen-bond donors (Lipinski definition) is 1. The van der Waals surface area contributed by atoms with Gasteiger partial charge in [-0.2, -0.15) is 4.73 Å². The Hall–Kier alpha value is -3.85. The van der Waals surface area contributed by atoms with Gasteiger partial charge in [-0.25, -0.2) is 8.42 Å². The molecule has 31 heavy (non-hydrogen) atoms. The van der Waals surface area contributed by atoms with E-state index in [0.29, 0.717) is 21.7 Å². The topological polar surface area (TPSA) is 111 Å². The summed E-state index contributed by atoms with van der Waals surface area (Å²) in [4.78, 5) is 11.4. The van der Waals surface area contributed by atoms with Gasteiger partial charge in [0, 0.05) is 18.2 Å². The number of nitrogens with zero attached hydrogens (tertiary/aromatic N) is 2. The smallest absolute Gasteiger partial charge is 0.324 e. The van der Waals surface area contributed by atoms with E-state index >= 15 is 0 Å². The van der Waals surface area contributed by atoms with Gasteiger partial charge >= 0.3 is 5.97 Å². The Kier molecular flexibility index (Phi) is 6.56. The molecule has 1 aromatic heterocycles. The summed E-state index contributed by atoms with van der Waals surface area (Å²) in [7, 11) is -2.73. The van der Waals surface area contributed by atoms with Crippen molar-refractivity contribution in [2.75, 3.05) is 18.0 Å². The number of methoxy groups -OCH3 is 1. The minimum absolute atomic E-state index is 0.0752. The predicted octanol–water partition coefficient (Wildman–Crippen LogP) is 2.78. The van der Waals surface area contributed by atoms with Crippen molar-refractivity contribution in [3.05, 3.63) is 89.4 Å². The van der Waals surface area contributed by atoms with E-state index < -0.39 is 22.5 Å². The van der Waals surface area contributed by atoms with Crippen LogP contribution in [0.3, 0.4) is 0 Å². The zero-order valence-electron chi connectivity index (χ0n) is 16.6. The van der Waals surface area contributed by atoms with Crippen LogP contribution >= 0.6 is 0 Å². The highest BCUT2D eigenvalue weighted by Crippen LogP contribution is 2.29. The molecule has 0 aliphatic carbocycles. The minimum Gasteiger partial charge on any atom is -0.618 e. The average Bonchev–Trinajstić information content (AvgIpc) is 2.77. The zero-order chi connectivity index (χ0) is 22.4. The van der Waals surface area contributed by atoms with Crippen LogP contribution in [0.25, 0.3) is 12.2 Å². The summed E-state index contributed by atoms with van der Waals surface area (Å²) in [6, 6.07) is 17.0. The molecule has 0 saturated carbocycles. The number of aliphatic carboxylic acids is 1. The highest BCUT2D eigenvalue weighted by Gasteiger charge is 2.28. The molecular weight excluding hydrogens is 420 g/mol. The second-order valence-electron chi connectivity index (χ2n) is 6.42. The molecule has 160 valence electrons. The molecule has 8 nitrogen and oxygen atoms in total. The number of carboxylic acids is 1. The van der Waals surface area contributed by atoms with Gasteiger partial charge in [-0.3, -0.25) is 9.10 Å². The normalized spacial score (nSPS) is 11.4. The number of carboxylic acid groups (broad SMARTS) is 1. The van der Waals surface area contributed by atoms with E-state index in [4.69, 9.17) is 4.74 Å². The van der Waals surface area contributed by atoms with Gasteiger partial charge in [0.05, 0.1) is 17.7 Å². The summed E-state index contributed by atoms with van der Waals surface area (Å²) < 4.78 is 33.1. The van der Waals surface area contributed by atoms with Gasteiger partial charge in [-0.05, 0) is 48.0 Å². The summed E-state index contributed by atoms with van der Waals surface area (Å²) in [5.74, 6) is -0.836. The average molecular weight is 440 g/mol. The highest BCUT2D eigenvalue weighted by molar-refractivity contribution is 7.92. The lowest BCUT2D eigenvalue weighted by molar-refractivity contribution is -0.607. The van der Waals surface area contributed by atoms with Crippen molar-refractivity contribution in [2.45, 2.75) is 4.90 Å². The van der Waals surface area contributed by atoms with Crippen molar-refractivity contribution in [3.8, 4) is 5.75 Å². The molecule has 2 aromatic carbocycles. The van der Waals surface area contributed by atoms with Gasteiger partial charge in [0.25, 0.3) is 10.0 Å². The van der Waals surface area contributed by atoms with E-state index in [-0.39, 0.29) is 10.6 Å². The standard InChI is InChI=1S/C22H20N2O6S/c1-30-19-11-13-20(14-12-19)31(28,29)24(16-22(25)26)21-8-3-2-6-17(21)9-10-18-7-4-5-15-23(18)27/h2-15H,16H2,1H3,(H,25,26)/b10-9-. The fourth-order valence-corrected chi connectivity index (χ4v) is 4.34. The van der Waals surface area contributed by atoms with Crippen LogP contribution in [0.15, 0.2) is 77.8 Å². The third kappa shape index (κ3) is 5.01. The Morgan fingerprint density at radius 3 is 2.39 bits per heavy atom. The highest BCUT2D eigenvalue weighted by atomic mass is 32.2. The Bertz CT molecular complexity index is 1210. The van der Waals surface area contributed by atoms with Crippen molar-refractivity contribution in [1.29, 1.82) is 0 Å². The molecule has 0 aliphatic heterocycles. The third-order valence-electron chi connectivity index (χ3n) is 4.42. The van der Waals surface area contributed by atoms with Crippen LogP contribution in [0.5, 0.6) is 5.75 Å². The number of pyridine rings is 1. The number of benzene rings is 2. The molecule has 3 aromatic rings. The molecule has 0 spiro atoms. The zero-order valence-corrected chi connectivity index (χ0v) is 17.4. The maximum Gasteiger partial charge on any atom is 0.324 e. The Balaban J connectivity index is 2.07. The quantitative estimate of drug-likeness (QED) is 0.426. The van der Waals surface area contributed by atoms with Crippen LogP contribution in [0.1, 0.15) is 11.3 Å². The van der Waals surface area contributed by atoms with Crippen molar-refractivity contribution >= 4 is 33.8 Å². The van der Waals surface area contributed by atoms with E-state index in [1.807, 2.05) is 0 Å². The summed E-state index contributed by atoms with van der Waals surface area (Å²) in [5, 5.41) is 21.3. The van der Waals surface area contributed by atoms with E-state index in [0.717, 1.165) is 4.31 Å². The number of anilines is 1. The van der Waals surface area contributed by atoms with Crippen LogP contribution in [0.4, 0.5) is 5.69 Å². The van der Waals surface area contributed by atoms with Crippen molar-refractivity contribution < 1.29 is 27.8 Å². The summed E-state index contributed by atoms with van der Waals surface area (Å²) in [6.07, 6.45) is 4.44. The molecule has 0 bridgehead atoms. The van der Waals surface area contributed by atoms with E-state index in [1.165, 1.54) is 49.7 Å². The first-order valence-electron chi connectivity index (χ1n) is 9.17. The second kappa shape index (κ2) is 9.31. The van der Waals surface area contributed by atoms with Crippen LogP contribution in [0, 0.1) is 5.21 Å². The van der Waals surface area contributed by atoms with Crippen LogP contribution in [-0.2, 0) is 14.8 Å². The monoisotopic (exact) mass is 440 g/mol. The summed E-state index contributed by atoms with van der Waals surface area (Å²) in [5.41, 5.74) is 0.954. The lowest BCUT2D eigenvalue weighted by Gasteiger charge is -2.24. The van der Waals surface area contributed by atoms with Crippen molar-refractivity contribution in [2.24, 2.45) is 0 Å². The number of para-hydroxylation sites is 1. The fourth-order valence-electron chi connectivity index (χ4n) is 2.90. The number of sulfonamides is 1. The molecule has 0 atom stereocenters. The minimum atomic E-state index is -4.19. The first kappa shape index (κ1) is 21.8. The molecular formula is C22H20N2O6S. The number of ether oxygens (including phenoxy) is 1. The van der Waals surface area contributed by atoms with Gasteiger partial charge < -0.3 is 15.1 Å². The molecule has 0 unspecified atom stereocenters. The lowest BCUT2D eigenvalue weighted by atomic mass is 10.1. The summed E-state index contributed by atoms with van der Waals surface area (Å²) >= 11 is 0. The molecule has 1 heterocycles. The summed E-state index contributed by atoms with van der Waals surface area (Å²) in [6.45, 7) is -0.772. The maximum atomic E-state index is 13.3. The van der Waals surface area contributed by atoms with Gasteiger partial charge in [-0.15, -0.1) is 0 Å². The number of aromatic nitrogens is 1. The number of carbonyl (C=O) groups is 1. The predicted molar refractivity (Wildman–Crippen MR) is 116 cm³/mol. The molecule has 0 saturated heterocycles. The third-order valence-corrected chi connectivity index (χ3v) is 6.19. The van der Waals surface area contributed by atoms with Crippen LogP contribution < -0.4 is 13.8 Å². The first-order valence-corrected chi connectivity index (χ1v) is 10.6. The fraction of sp³-hybridized carbons (Fsp3) is 0.0909. The van der Waals surface area contributed by atoms with Gasteiger partial charge in [0.2, 0.25) is 5.69 Å². The van der Waals surface area contributed by atoms with Gasteiger partial charge in [0.1, 0.15) is 12.3 Å². The SMILES string of the molecule is COc1ccc(S(=O)(=O)N(CC(=O)O)c2ccccc2/C=C\c2cccc[n+]2[O-])cc1. The molecule has 0 aliphatic rings. The van der Waals surface area contributed by atoms with Crippen molar-refractivity contribution in [3.63, 3.8) is 0 Å². The molecule has 0 fully saturated rings. The second-order valence-corrected chi connectivity index (χ2v) is 8.29. The first-order chi connectivity index (χ1) is 14.8. The Labute approximate surface area is 179 Å². The Morgan fingerprint density at radius 1 is 1.06 bits per heavy atom. The lowest BCUT2D eigenvalue weighted by Crippen LogP contribution is -2.36. The molecule has 1 N–H and O–H groups in total. The largest absolute Gasteiger partial charge is 0.618 e. The van der Waals surface area contributed by atoms with Gasteiger partial charge in [0.15, 0.2) is 6.20 Å². The maximum absolute atomic E-state index is 13.3. The molecule has 9 heteroatoms. The van der Waals surface area contributed by atoms with Crippen LogP contribution in [-0.4, -0.2) is 33.1 Å². The van der Waals surface area contributed by atoms with E-state index in [1.54, 1.807) is 42.5 Å². The molecule has 0 amide bonds. The molecule has 0 radical (unpaired) electrons. The molecule has 3 rings (SSSR count). The van der Waals surface area contributed by atoms with Crippen molar-refractivity contribution in [1.82, 2.24) is 0 Å². The van der Waals surface area contributed by atoms with Gasteiger partial charge in [-0.1, -0.05) is 18.2 Å².